The first-order valence-corrected chi connectivity index (χ1v) is 6.05. The van der Waals surface area contributed by atoms with Crippen LogP contribution in [0.3, 0.4) is 0 Å². The molecule has 114 valence electrons. The number of carboxylic acid groups (broad SMARTS) is 1. The number of ether oxygens (including phenoxy) is 1. The molecule has 0 saturated carbocycles. The summed E-state index contributed by atoms with van der Waals surface area (Å²) >= 11 is 0. The molecule has 8 nitrogen and oxygen atoms in total. The molecule has 0 aliphatic heterocycles. The Labute approximate surface area is 120 Å². The fourth-order valence-corrected chi connectivity index (χ4v) is 1.76. The lowest BCUT2D eigenvalue weighted by Crippen LogP contribution is -2.55. The zero-order valence-electron chi connectivity index (χ0n) is 11.7. The van der Waals surface area contributed by atoms with E-state index >= 15 is 0 Å². The van der Waals surface area contributed by atoms with Crippen molar-refractivity contribution in [2.45, 2.75) is 18.9 Å². The molecule has 0 saturated heterocycles. The van der Waals surface area contributed by atoms with Crippen LogP contribution in [0.15, 0.2) is 24.3 Å². The lowest BCUT2D eigenvalue weighted by molar-refractivity contribution is -0.384. The maximum absolute atomic E-state index is 11.9. The number of amides is 1. The molecule has 0 aliphatic rings. The van der Waals surface area contributed by atoms with Gasteiger partial charge in [-0.2, -0.15) is 0 Å². The first-order valence-electron chi connectivity index (χ1n) is 6.05. The highest BCUT2D eigenvalue weighted by molar-refractivity contribution is 5.87. The van der Waals surface area contributed by atoms with E-state index < -0.39 is 22.3 Å². The SMILES string of the molecule is COCC(C)(NC(=O)Cc1cccc([N+](=O)[O-])c1)C(=O)O. The highest BCUT2D eigenvalue weighted by Crippen LogP contribution is 2.14. The third-order valence-corrected chi connectivity index (χ3v) is 2.81. The van der Waals surface area contributed by atoms with E-state index in [1.54, 1.807) is 6.07 Å². The van der Waals surface area contributed by atoms with Crippen LogP contribution in [0.5, 0.6) is 0 Å². The molecule has 1 unspecified atom stereocenters. The Morgan fingerprint density at radius 3 is 2.67 bits per heavy atom. The van der Waals surface area contributed by atoms with Crippen LogP contribution < -0.4 is 5.32 Å². The molecule has 0 heterocycles. The minimum absolute atomic E-state index is 0.127. The minimum atomic E-state index is -1.55. The molecule has 0 aromatic heterocycles. The van der Waals surface area contributed by atoms with Crippen LogP contribution in [0.25, 0.3) is 0 Å². The largest absolute Gasteiger partial charge is 0.479 e. The summed E-state index contributed by atoms with van der Waals surface area (Å²) in [7, 11) is 1.33. The van der Waals surface area contributed by atoms with Gasteiger partial charge in [-0.15, -0.1) is 0 Å². The summed E-state index contributed by atoms with van der Waals surface area (Å²) in [6, 6.07) is 5.61. The molecular weight excluding hydrogens is 280 g/mol. The van der Waals surface area contributed by atoms with E-state index in [4.69, 9.17) is 9.84 Å². The third kappa shape index (κ3) is 4.53. The van der Waals surface area contributed by atoms with E-state index in [1.807, 2.05) is 0 Å². The number of nitro groups is 1. The molecule has 0 bridgehead atoms. The van der Waals surface area contributed by atoms with Crippen LogP contribution in [0.1, 0.15) is 12.5 Å². The normalized spacial score (nSPS) is 13.2. The molecule has 2 N–H and O–H groups in total. The number of nitro benzene ring substituents is 1. The quantitative estimate of drug-likeness (QED) is 0.566. The summed E-state index contributed by atoms with van der Waals surface area (Å²) in [5, 5.41) is 22.1. The van der Waals surface area contributed by atoms with Gasteiger partial charge < -0.3 is 15.2 Å². The second-order valence-electron chi connectivity index (χ2n) is 4.72. The van der Waals surface area contributed by atoms with Crippen molar-refractivity contribution >= 4 is 17.6 Å². The number of benzene rings is 1. The highest BCUT2D eigenvalue weighted by Gasteiger charge is 2.34. The monoisotopic (exact) mass is 296 g/mol. The van der Waals surface area contributed by atoms with Crippen LogP contribution in [0, 0.1) is 10.1 Å². The molecular formula is C13H16N2O6. The Balaban J connectivity index is 2.79. The molecule has 0 radical (unpaired) electrons. The number of non-ortho nitro benzene ring substituents is 1. The predicted octanol–water partition coefficient (Wildman–Crippen LogP) is 0.743. The van der Waals surface area contributed by atoms with Gasteiger partial charge in [0.1, 0.15) is 0 Å². The fraction of sp³-hybridized carbons (Fsp3) is 0.385. The average Bonchev–Trinajstić information content (AvgIpc) is 2.38. The molecule has 8 heteroatoms. The van der Waals surface area contributed by atoms with E-state index in [2.05, 4.69) is 5.32 Å². The van der Waals surface area contributed by atoms with Gasteiger partial charge in [0, 0.05) is 19.2 Å². The van der Waals surface area contributed by atoms with Crippen molar-refractivity contribution in [1.82, 2.24) is 5.32 Å². The molecule has 0 aliphatic carbocycles. The van der Waals surface area contributed by atoms with Gasteiger partial charge in [0.2, 0.25) is 5.91 Å². The van der Waals surface area contributed by atoms with E-state index in [1.165, 1.54) is 32.2 Å². The highest BCUT2D eigenvalue weighted by atomic mass is 16.6. The van der Waals surface area contributed by atoms with Crippen LogP contribution in [0.4, 0.5) is 5.69 Å². The number of hydrogen-bond acceptors (Lipinski definition) is 5. The Bertz CT molecular complexity index is 559. The minimum Gasteiger partial charge on any atom is -0.479 e. The van der Waals surface area contributed by atoms with Crippen molar-refractivity contribution in [3.8, 4) is 0 Å². The maximum Gasteiger partial charge on any atom is 0.331 e. The van der Waals surface area contributed by atoms with Crippen LogP contribution >= 0.6 is 0 Å². The molecule has 0 fully saturated rings. The summed E-state index contributed by atoms with van der Waals surface area (Å²) in [6.07, 6.45) is -0.158. The van der Waals surface area contributed by atoms with Crippen molar-refractivity contribution in [3.63, 3.8) is 0 Å². The van der Waals surface area contributed by atoms with E-state index in [0.717, 1.165) is 0 Å². The molecule has 21 heavy (non-hydrogen) atoms. The van der Waals surface area contributed by atoms with Crippen molar-refractivity contribution in [3.05, 3.63) is 39.9 Å². The lowest BCUT2D eigenvalue weighted by atomic mass is 10.0. The molecule has 1 rings (SSSR count). The summed E-state index contributed by atoms with van der Waals surface area (Å²) in [6.45, 7) is 1.13. The number of methoxy groups -OCH3 is 1. The van der Waals surface area contributed by atoms with Gasteiger partial charge in [-0.25, -0.2) is 4.79 Å². The number of rotatable bonds is 7. The molecule has 1 amide bonds. The lowest BCUT2D eigenvalue weighted by Gasteiger charge is -2.25. The second kappa shape index (κ2) is 6.80. The predicted molar refractivity (Wildman–Crippen MR) is 72.9 cm³/mol. The number of nitrogens with zero attached hydrogens (tertiary/aromatic N) is 1. The van der Waals surface area contributed by atoms with Crippen LogP contribution in [-0.2, 0) is 20.7 Å². The molecule has 0 spiro atoms. The summed E-state index contributed by atoms with van der Waals surface area (Å²) in [5.74, 6) is -1.78. The Hall–Kier alpha value is -2.48. The van der Waals surface area contributed by atoms with Crippen LogP contribution in [-0.4, -0.2) is 41.2 Å². The Morgan fingerprint density at radius 2 is 2.14 bits per heavy atom. The Kier molecular flexibility index (Phi) is 5.37. The number of carboxylic acids is 1. The average molecular weight is 296 g/mol. The number of nitrogens with one attached hydrogen (secondary N) is 1. The van der Waals surface area contributed by atoms with Gasteiger partial charge in [-0.3, -0.25) is 14.9 Å². The number of hydrogen-bond donors (Lipinski definition) is 2. The van der Waals surface area contributed by atoms with Crippen LogP contribution in [0.2, 0.25) is 0 Å². The summed E-state index contributed by atoms with van der Waals surface area (Å²) in [5.41, 5.74) is -1.25. The summed E-state index contributed by atoms with van der Waals surface area (Å²) in [4.78, 5) is 33.1. The topological polar surface area (TPSA) is 119 Å². The van der Waals surface area contributed by atoms with E-state index in [0.29, 0.717) is 5.56 Å². The Morgan fingerprint density at radius 1 is 1.48 bits per heavy atom. The maximum atomic E-state index is 11.9. The molecule has 1 aromatic carbocycles. The standard InChI is InChI=1S/C13H16N2O6/c1-13(8-21-2,12(17)18)14-11(16)7-9-4-3-5-10(6-9)15(19)20/h3-6H,7-8H2,1-2H3,(H,14,16)(H,17,18). The van der Waals surface area contributed by atoms with E-state index in [-0.39, 0.29) is 18.7 Å². The zero-order chi connectivity index (χ0) is 16.0. The van der Waals surface area contributed by atoms with Crippen molar-refractivity contribution in [2.75, 3.05) is 13.7 Å². The second-order valence-corrected chi connectivity index (χ2v) is 4.72. The first kappa shape index (κ1) is 16.6. The molecule has 1 aromatic rings. The smallest absolute Gasteiger partial charge is 0.331 e. The van der Waals surface area contributed by atoms with Gasteiger partial charge in [-0.05, 0) is 12.5 Å². The number of carbonyl (C=O) groups excluding carboxylic acids is 1. The van der Waals surface area contributed by atoms with E-state index in [9.17, 15) is 19.7 Å². The molecule has 1 atom stereocenters. The van der Waals surface area contributed by atoms with Crippen molar-refractivity contribution in [2.24, 2.45) is 0 Å². The summed E-state index contributed by atoms with van der Waals surface area (Å²) < 4.78 is 4.79. The van der Waals surface area contributed by atoms with Crippen molar-refractivity contribution < 1.29 is 24.4 Å². The van der Waals surface area contributed by atoms with Gasteiger partial charge >= 0.3 is 5.97 Å². The van der Waals surface area contributed by atoms with Gasteiger partial charge in [-0.1, -0.05) is 12.1 Å². The van der Waals surface area contributed by atoms with Crippen molar-refractivity contribution in [1.29, 1.82) is 0 Å². The van der Waals surface area contributed by atoms with Gasteiger partial charge in [0.25, 0.3) is 5.69 Å². The first-order chi connectivity index (χ1) is 9.78. The third-order valence-electron chi connectivity index (χ3n) is 2.81. The fourth-order valence-electron chi connectivity index (χ4n) is 1.76. The number of aliphatic carboxylic acids is 1. The van der Waals surface area contributed by atoms with Gasteiger partial charge in [0.05, 0.1) is 18.0 Å². The zero-order valence-corrected chi connectivity index (χ0v) is 11.7. The van der Waals surface area contributed by atoms with Gasteiger partial charge in [0.15, 0.2) is 5.54 Å². The number of carbonyl (C=O) groups is 2.